The van der Waals surface area contributed by atoms with Crippen molar-refractivity contribution < 1.29 is 14.3 Å². The molecule has 31 heavy (non-hydrogen) atoms. The number of fused-ring (bicyclic) bond motifs is 2. The van der Waals surface area contributed by atoms with Crippen LogP contribution in [0.2, 0.25) is 0 Å². The molecule has 0 saturated carbocycles. The largest absolute Gasteiger partial charge is 0.497 e. The summed E-state index contributed by atoms with van der Waals surface area (Å²) in [6.07, 6.45) is 2.72. The highest BCUT2D eigenvalue weighted by Gasteiger charge is 2.41. The van der Waals surface area contributed by atoms with E-state index in [2.05, 4.69) is 15.2 Å². The second-order valence-electron chi connectivity index (χ2n) is 7.76. The van der Waals surface area contributed by atoms with Crippen LogP contribution in [0.25, 0.3) is 10.9 Å². The number of aromatic amines is 2. The normalized spacial score (nSPS) is 15.5. The molecule has 158 valence electrons. The molecule has 0 radical (unpaired) electrons. The lowest BCUT2D eigenvalue weighted by molar-refractivity contribution is 0.0745. The van der Waals surface area contributed by atoms with Crippen molar-refractivity contribution in [2.24, 2.45) is 0 Å². The number of benzene rings is 2. The maximum Gasteiger partial charge on any atom is 0.275 e. The first-order valence-electron chi connectivity index (χ1n) is 10.2. The molecule has 0 fully saturated rings. The molecule has 1 amide bonds. The number of hydrogen-bond donors (Lipinski definition) is 2. The fourth-order valence-electron chi connectivity index (χ4n) is 4.47. The average Bonchev–Trinajstić information content (AvgIpc) is 3.46. The molecule has 1 aliphatic rings. The third-order valence-corrected chi connectivity index (χ3v) is 6.05. The van der Waals surface area contributed by atoms with E-state index in [0.717, 1.165) is 44.8 Å². The van der Waals surface area contributed by atoms with Crippen LogP contribution in [0.4, 0.5) is 0 Å². The second kappa shape index (κ2) is 7.50. The number of amides is 1. The molecule has 0 aliphatic carbocycles. The number of H-pyrrole nitrogens is 2. The van der Waals surface area contributed by atoms with E-state index >= 15 is 0 Å². The van der Waals surface area contributed by atoms with Crippen LogP contribution in [0.15, 0.2) is 48.7 Å². The molecule has 7 heteroatoms. The topological polar surface area (TPSA) is 83.2 Å². The predicted octanol–water partition coefficient (Wildman–Crippen LogP) is 4.00. The van der Waals surface area contributed by atoms with Crippen molar-refractivity contribution in [1.29, 1.82) is 0 Å². The Kier molecular flexibility index (Phi) is 4.66. The lowest BCUT2D eigenvalue weighted by Gasteiger charge is -2.26. The average molecular weight is 416 g/mol. The van der Waals surface area contributed by atoms with E-state index in [-0.39, 0.29) is 11.9 Å². The first-order valence-corrected chi connectivity index (χ1v) is 10.2. The molecule has 2 aromatic heterocycles. The zero-order valence-electron chi connectivity index (χ0n) is 17.7. The van der Waals surface area contributed by atoms with E-state index in [4.69, 9.17) is 9.47 Å². The number of nitrogens with one attached hydrogen (secondary N) is 2. The number of aryl methyl sites for hydroxylation is 1. The Bertz CT molecular complexity index is 1270. The monoisotopic (exact) mass is 416 g/mol. The van der Waals surface area contributed by atoms with E-state index in [1.165, 1.54) is 0 Å². The minimum atomic E-state index is -0.198. The first kappa shape index (κ1) is 19.2. The van der Waals surface area contributed by atoms with Crippen molar-refractivity contribution >= 4 is 16.8 Å². The molecule has 1 aliphatic heterocycles. The number of carbonyl (C=O) groups is 1. The molecule has 7 nitrogen and oxygen atoms in total. The number of ether oxygens (including phenoxy) is 2. The van der Waals surface area contributed by atoms with E-state index < -0.39 is 0 Å². The Morgan fingerprint density at radius 3 is 2.71 bits per heavy atom. The molecule has 1 atom stereocenters. The summed E-state index contributed by atoms with van der Waals surface area (Å²) in [5, 5.41) is 8.38. The number of aromatic nitrogens is 3. The molecule has 2 aromatic carbocycles. The van der Waals surface area contributed by atoms with Gasteiger partial charge in [0.1, 0.15) is 11.5 Å². The summed E-state index contributed by atoms with van der Waals surface area (Å²) >= 11 is 0. The lowest BCUT2D eigenvalue weighted by atomic mass is 9.98. The van der Waals surface area contributed by atoms with E-state index in [0.29, 0.717) is 18.7 Å². The first-order chi connectivity index (χ1) is 15.1. The van der Waals surface area contributed by atoms with E-state index in [1.54, 1.807) is 14.2 Å². The van der Waals surface area contributed by atoms with Gasteiger partial charge in [-0.05, 0) is 54.8 Å². The summed E-state index contributed by atoms with van der Waals surface area (Å²) in [7, 11) is 3.31. The van der Waals surface area contributed by atoms with Crippen LogP contribution in [-0.2, 0) is 6.42 Å². The standard InChI is InChI=1S/C24H24N4O3/c1-14-21-22(27-26-14)24(29)28(23(21)15-5-4-6-17(11-15)30-2)10-9-16-13-25-20-8-7-18(31-3)12-19(16)20/h4-8,11-13,23,25H,9-10H2,1-3H3,(H,26,27). The maximum absolute atomic E-state index is 13.3. The van der Waals surface area contributed by atoms with Crippen molar-refractivity contribution in [1.82, 2.24) is 20.1 Å². The van der Waals surface area contributed by atoms with Crippen LogP contribution in [0.5, 0.6) is 11.5 Å². The smallest absolute Gasteiger partial charge is 0.275 e. The van der Waals surface area contributed by atoms with Crippen molar-refractivity contribution in [3.63, 3.8) is 0 Å². The number of rotatable bonds is 6. The third kappa shape index (κ3) is 3.13. The van der Waals surface area contributed by atoms with Gasteiger partial charge >= 0.3 is 0 Å². The number of methoxy groups -OCH3 is 2. The van der Waals surface area contributed by atoms with Gasteiger partial charge in [0.05, 0.1) is 20.3 Å². The zero-order chi connectivity index (χ0) is 21.5. The van der Waals surface area contributed by atoms with Crippen LogP contribution in [0.3, 0.4) is 0 Å². The lowest BCUT2D eigenvalue weighted by Crippen LogP contribution is -2.31. The quantitative estimate of drug-likeness (QED) is 0.498. The Morgan fingerprint density at radius 1 is 1.10 bits per heavy atom. The van der Waals surface area contributed by atoms with Gasteiger partial charge < -0.3 is 19.4 Å². The minimum absolute atomic E-state index is 0.0513. The summed E-state index contributed by atoms with van der Waals surface area (Å²) < 4.78 is 10.8. The molecule has 4 aromatic rings. The van der Waals surface area contributed by atoms with Gasteiger partial charge in [0.25, 0.3) is 5.91 Å². The van der Waals surface area contributed by atoms with Crippen molar-refractivity contribution in [3.05, 3.63) is 76.7 Å². The summed E-state index contributed by atoms with van der Waals surface area (Å²) in [4.78, 5) is 18.5. The SMILES string of the molecule is COc1cccc(C2c3c(n[nH]c3C)C(=O)N2CCc2c[nH]c3ccc(OC)cc23)c1. The van der Waals surface area contributed by atoms with Gasteiger partial charge in [-0.15, -0.1) is 0 Å². The fraction of sp³-hybridized carbons (Fsp3) is 0.250. The van der Waals surface area contributed by atoms with Crippen molar-refractivity contribution in [2.45, 2.75) is 19.4 Å². The van der Waals surface area contributed by atoms with Crippen LogP contribution >= 0.6 is 0 Å². The molecule has 5 rings (SSSR count). The summed E-state index contributed by atoms with van der Waals surface area (Å²) in [5.41, 5.74) is 5.57. The van der Waals surface area contributed by atoms with Gasteiger partial charge in [0, 0.05) is 34.9 Å². The van der Waals surface area contributed by atoms with E-state index in [9.17, 15) is 4.79 Å². The number of hydrogen-bond acceptors (Lipinski definition) is 4. The Morgan fingerprint density at radius 2 is 1.90 bits per heavy atom. The fourth-order valence-corrected chi connectivity index (χ4v) is 4.47. The van der Waals surface area contributed by atoms with Crippen molar-refractivity contribution in [3.8, 4) is 11.5 Å². The van der Waals surface area contributed by atoms with Gasteiger partial charge in [-0.25, -0.2) is 0 Å². The van der Waals surface area contributed by atoms with Gasteiger partial charge in [0.2, 0.25) is 0 Å². The molecule has 2 N–H and O–H groups in total. The molecule has 0 saturated heterocycles. The molecular weight excluding hydrogens is 392 g/mol. The van der Waals surface area contributed by atoms with Crippen LogP contribution in [0, 0.1) is 6.92 Å². The van der Waals surface area contributed by atoms with Crippen LogP contribution < -0.4 is 9.47 Å². The highest BCUT2D eigenvalue weighted by molar-refractivity contribution is 5.98. The predicted molar refractivity (Wildman–Crippen MR) is 118 cm³/mol. The molecular formula is C24H24N4O3. The summed E-state index contributed by atoms with van der Waals surface area (Å²) in [5.74, 6) is 1.53. The van der Waals surface area contributed by atoms with Gasteiger partial charge in [0.15, 0.2) is 5.69 Å². The molecule has 0 bridgehead atoms. The summed E-state index contributed by atoms with van der Waals surface area (Å²) in [6.45, 7) is 2.53. The maximum atomic E-state index is 13.3. The number of nitrogens with zero attached hydrogens (tertiary/aromatic N) is 2. The van der Waals surface area contributed by atoms with E-state index in [1.807, 2.05) is 60.5 Å². The highest BCUT2D eigenvalue weighted by atomic mass is 16.5. The zero-order valence-corrected chi connectivity index (χ0v) is 17.7. The Hall–Kier alpha value is -3.74. The highest BCUT2D eigenvalue weighted by Crippen LogP contribution is 2.40. The van der Waals surface area contributed by atoms with Gasteiger partial charge in [-0.3, -0.25) is 9.89 Å². The third-order valence-electron chi connectivity index (χ3n) is 6.05. The molecule has 1 unspecified atom stereocenters. The summed E-state index contributed by atoms with van der Waals surface area (Å²) in [6, 6.07) is 13.7. The minimum Gasteiger partial charge on any atom is -0.497 e. The molecule has 3 heterocycles. The Balaban J connectivity index is 1.49. The van der Waals surface area contributed by atoms with Gasteiger partial charge in [-0.2, -0.15) is 5.10 Å². The Labute approximate surface area is 180 Å². The van der Waals surface area contributed by atoms with Gasteiger partial charge in [-0.1, -0.05) is 12.1 Å². The molecule has 0 spiro atoms. The van der Waals surface area contributed by atoms with Crippen LogP contribution in [-0.4, -0.2) is 46.8 Å². The van der Waals surface area contributed by atoms with Crippen molar-refractivity contribution in [2.75, 3.05) is 20.8 Å². The van der Waals surface area contributed by atoms with Crippen LogP contribution in [0.1, 0.15) is 38.9 Å². The number of carbonyl (C=O) groups excluding carboxylic acids is 1. The second-order valence-corrected chi connectivity index (χ2v) is 7.76.